The fourth-order valence-corrected chi connectivity index (χ4v) is 3.53. The molecule has 21 heavy (non-hydrogen) atoms. The topological polar surface area (TPSA) is 31.4 Å². The summed E-state index contributed by atoms with van der Waals surface area (Å²) >= 11 is 0. The number of rotatable bonds is 5. The van der Waals surface area contributed by atoms with Crippen LogP contribution in [0.1, 0.15) is 38.7 Å². The second kappa shape index (κ2) is 6.75. The largest absolute Gasteiger partial charge is 0.368 e. The third kappa shape index (κ3) is 3.55. The molecule has 3 heterocycles. The van der Waals surface area contributed by atoms with E-state index in [9.17, 15) is 0 Å². The molecule has 2 fully saturated rings. The minimum atomic E-state index is 0.516. The van der Waals surface area contributed by atoms with E-state index in [1.165, 1.54) is 56.7 Å². The average Bonchev–Trinajstić information content (AvgIpc) is 3.16. The molecule has 0 amide bonds. The summed E-state index contributed by atoms with van der Waals surface area (Å²) in [5, 5.41) is 3.53. The highest BCUT2D eigenvalue weighted by Crippen LogP contribution is 2.27. The van der Waals surface area contributed by atoms with Crippen LogP contribution < -0.4 is 10.2 Å². The van der Waals surface area contributed by atoms with Gasteiger partial charge in [0, 0.05) is 37.9 Å². The maximum Gasteiger partial charge on any atom is 0.0598 e. The van der Waals surface area contributed by atoms with Gasteiger partial charge in [0.15, 0.2) is 0 Å². The molecule has 1 atom stereocenters. The second-order valence-corrected chi connectivity index (χ2v) is 6.67. The van der Waals surface area contributed by atoms with E-state index < -0.39 is 0 Å². The van der Waals surface area contributed by atoms with E-state index in [1.807, 2.05) is 12.4 Å². The number of nitrogens with one attached hydrogen (secondary N) is 1. The molecule has 116 valence electrons. The Morgan fingerprint density at radius 1 is 1.29 bits per heavy atom. The van der Waals surface area contributed by atoms with Crippen molar-refractivity contribution in [1.82, 2.24) is 15.2 Å². The molecule has 0 aromatic carbocycles. The normalized spacial score (nSPS) is 23.4. The monoisotopic (exact) mass is 288 g/mol. The van der Waals surface area contributed by atoms with Crippen LogP contribution in [-0.4, -0.2) is 48.1 Å². The van der Waals surface area contributed by atoms with Crippen molar-refractivity contribution in [2.24, 2.45) is 0 Å². The minimum Gasteiger partial charge on any atom is -0.368 e. The van der Waals surface area contributed by atoms with Crippen molar-refractivity contribution in [3.63, 3.8) is 0 Å². The van der Waals surface area contributed by atoms with Gasteiger partial charge in [0.1, 0.15) is 0 Å². The van der Waals surface area contributed by atoms with Gasteiger partial charge < -0.3 is 10.2 Å². The zero-order valence-corrected chi connectivity index (χ0v) is 13.4. The Labute approximate surface area is 128 Å². The molecule has 0 radical (unpaired) electrons. The standard InChI is InChI=1S/C17H28N4/c1-14(2)19-11-15-5-7-18-12-17(15)21-10-6-16(13-21)20-8-3-4-9-20/h5,7,12,14,16,19H,3-4,6,8-11,13H2,1-2H3. The SMILES string of the molecule is CC(C)NCc1ccncc1N1CCC(N2CCCC2)C1. The number of hydrogen-bond acceptors (Lipinski definition) is 4. The fourth-order valence-electron chi connectivity index (χ4n) is 3.53. The van der Waals surface area contributed by atoms with Gasteiger partial charge in [-0.3, -0.25) is 9.88 Å². The molecule has 1 aromatic heterocycles. The predicted octanol–water partition coefficient (Wildman–Crippen LogP) is 2.25. The van der Waals surface area contributed by atoms with Gasteiger partial charge in [0.25, 0.3) is 0 Å². The van der Waals surface area contributed by atoms with Crippen molar-refractivity contribution in [2.75, 3.05) is 31.1 Å². The highest BCUT2D eigenvalue weighted by molar-refractivity contribution is 5.52. The van der Waals surface area contributed by atoms with Crippen LogP contribution in [0.5, 0.6) is 0 Å². The van der Waals surface area contributed by atoms with Crippen LogP contribution in [0, 0.1) is 0 Å². The van der Waals surface area contributed by atoms with E-state index in [1.54, 1.807) is 0 Å². The number of anilines is 1. The van der Waals surface area contributed by atoms with E-state index in [-0.39, 0.29) is 0 Å². The zero-order chi connectivity index (χ0) is 14.7. The fraction of sp³-hybridized carbons (Fsp3) is 0.706. The molecule has 1 aromatic rings. The molecule has 0 aliphatic carbocycles. The first kappa shape index (κ1) is 14.8. The van der Waals surface area contributed by atoms with Gasteiger partial charge in [-0.15, -0.1) is 0 Å². The van der Waals surface area contributed by atoms with Gasteiger partial charge in [-0.1, -0.05) is 13.8 Å². The number of likely N-dealkylation sites (tertiary alicyclic amines) is 1. The molecule has 3 rings (SSSR count). The first-order valence-electron chi connectivity index (χ1n) is 8.39. The number of nitrogens with zero attached hydrogens (tertiary/aromatic N) is 3. The lowest BCUT2D eigenvalue weighted by Gasteiger charge is -2.25. The molecular weight excluding hydrogens is 260 g/mol. The smallest absolute Gasteiger partial charge is 0.0598 e. The van der Waals surface area contributed by atoms with Gasteiger partial charge in [0.2, 0.25) is 0 Å². The molecule has 4 heteroatoms. The summed E-state index contributed by atoms with van der Waals surface area (Å²) in [6.45, 7) is 10.3. The van der Waals surface area contributed by atoms with Crippen molar-refractivity contribution in [3.8, 4) is 0 Å². The Balaban J connectivity index is 1.66. The van der Waals surface area contributed by atoms with E-state index in [2.05, 4.69) is 40.0 Å². The average molecular weight is 288 g/mol. The summed E-state index contributed by atoms with van der Waals surface area (Å²) in [6.07, 6.45) is 8.02. The highest BCUT2D eigenvalue weighted by atomic mass is 15.3. The van der Waals surface area contributed by atoms with E-state index in [4.69, 9.17) is 0 Å². The summed E-state index contributed by atoms with van der Waals surface area (Å²) in [4.78, 5) is 9.57. The lowest BCUT2D eigenvalue weighted by atomic mass is 10.2. The van der Waals surface area contributed by atoms with Crippen molar-refractivity contribution >= 4 is 5.69 Å². The summed E-state index contributed by atoms with van der Waals surface area (Å²) in [5.74, 6) is 0. The van der Waals surface area contributed by atoms with Crippen molar-refractivity contribution in [3.05, 3.63) is 24.0 Å². The minimum absolute atomic E-state index is 0.516. The van der Waals surface area contributed by atoms with E-state index >= 15 is 0 Å². The van der Waals surface area contributed by atoms with Crippen molar-refractivity contribution in [1.29, 1.82) is 0 Å². The van der Waals surface area contributed by atoms with Crippen LogP contribution in [-0.2, 0) is 6.54 Å². The van der Waals surface area contributed by atoms with E-state index in [0.717, 1.165) is 12.6 Å². The van der Waals surface area contributed by atoms with Crippen LogP contribution in [0.15, 0.2) is 18.5 Å². The Bertz CT molecular complexity index is 454. The summed E-state index contributed by atoms with van der Waals surface area (Å²) in [7, 11) is 0. The second-order valence-electron chi connectivity index (χ2n) is 6.67. The third-order valence-electron chi connectivity index (χ3n) is 4.75. The maximum absolute atomic E-state index is 4.36. The first-order chi connectivity index (χ1) is 10.2. The number of aromatic nitrogens is 1. The van der Waals surface area contributed by atoms with Crippen LogP contribution in [0.4, 0.5) is 5.69 Å². The van der Waals surface area contributed by atoms with Crippen LogP contribution >= 0.6 is 0 Å². The molecule has 1 N–H and O–H groups in total. The van der Waals surface area contributed by atoms with Gasteiger partial charge >= 0.3 is 0 Å². The highest BCUT2D eigenvalue weighted by Gasteiger charge is 2.30. The Morgan fingerprint density at radius 3 is 2.86 bits per heavy atom. The van der Waals surface area contributed by atoms with Crippen molar-refractivity contribution in [2.45, 2.75) is 51.7 Å². The van der Waals surface area contributed by atoms with Crippen LogP contribution in [0.2, 0.25) is 0 Å². The lowest BCUT2D eigenvalue weighted by molar-refractivity contribution is 0.260. The molecule has 4 nitrogen and oxygen atoms in total. The van der Waals surface area contributed by atoms with Crippen molar-refractivity contribution < 1.29 is 0 Å². The van der Waals surface area contributed by atoms with Gasteiger partial charge in [-0.05, 0) is 44.0 Å². The lowest BCUT2D eigenvalue weighted by Crippen LogP contribution is -2.35. The summed E-state index contributed by atoms with van der Waals surface area (Å²) in [5.41, 5.74) is 2.70. The molecule has 0 spiro atoms. The zero-order valence-electron chi connectivity index (χ0n) is 13.4. The molecule has 0 bridgehead atoms. The summed E-state index contributed by atoms with van der Waals surface area (Å²) in [6, 6.07) is 3.43. The predicted molar refractivity (Wildman–Crippen MR) is 87.6 cm³/mol. The van der Waals surface area contributed by atoms with Gasteiger partial charge in [0.05, 0.1) is 11.9 Å². The van der Waals surface area contributed by atoms with Crippen LogP contribution in [0.3, 0.4) is 0 Å². The third-order valence-corrected chi connectivity index (χ3v) is 4.75. The summed E-state index contributed by atoms with van der Waals surface area (Å²) < 4.78 is 0. The molecule has 2 aliphatic heterocycles. The maximum atomic E-state index is 4.36. The Kier molecular flexibility index (Phi) is 4.76. The molecule has 1 unspecified atom stereocenters. The van der Waals surface area contributed by atoms with Crippen LogP contribution in [0.25, 0.3) is 0 Å². The van der Waals surface area contributed by atoms with Gasteiger partial charge in [-0.2, -0.15) is 0 Å². The van der Waals surface area contributed by atoms with E-state index in [0.29, 0.717) is 6.04 Å². The molecule has 2 saturated heterocycles. The van der Waals surface area contributed by atoms with Gasteiger partial charge in [-0.25, -0.2) is 0 Å². The Hall–Kier alpha value is -1.13. The molecular formula is C17H28N4. The number of hydrogen-bond donors (Lipinski definition) is 1. The quantitative estimate of drug-likeness (QED) is 0.900. The number of pyridine rings is 1. The molecule has 0 saturated carbocycles. The first-order valence-corrected chi connectivity index (χ1v) is 8.39. The molecule has 2 aliphatic rings. The Morgan fingerprint density at radius 2 is 2.10 bits per heavy atom.